The fourth-order valence-corrected chi connectivity index (χ4v) is 5.86. The highest BCUT2D eigenvalue weighted by Crippen LogP contribution is 2.32. The van der Waals surface area contributed by atoms with Crippen LogP contribution < -0.4 is 4.90 Å². The third kappa shape index (κ3) is 3.96. The Morgan fingerprint density at radius 1 is 1.07 bits per heavy atom. The van der Waals surface area contributed by atoms with E-state index in [1.165, 1.54) is 0 Å². The van der Waals surface area contributed by atoms with Crippen LogP contribution in [0.4, 0.5) is 5.69 Å². The minimum atomic E-state index is -3.45. The van der Waals surface area contributed by atoms with E-state index in [2.05, 4.69) is 5.10 Å². The number of fused-ring (bicyclic) bond motifs is 1. The minimum absolute atomic E-state index is 0.0444. The van der Waals surface area contributed by atoms with E-state index in [0.29, 0.717) is 43.9 Å². The van der Waals surface area contributed by atoms with Crippen molar-refractivity contribution in [1.29, 1.82) is 0 Å². The second-order valence-electron chi connectivity index (χ2n) is 7.95. The highest BCUT2D eigenvalue weighted by molar-refractivity contribution is 7.89. The molecule has 0 atom stereocenters. The zero-order chi connectivity index (χ0) is 20.6. The number of nitrogens with zero attached hydrogens (tertiary/aromatic N) is 4. The molecule has 1 amide bonds. The number of carbonyl (C=O) groups is 1. The molecule has 0 radical (unpaired) electrons. The second kappa shape index (κ2) is 7.91. The number of carbonyl (C=O) groups excluding carboxylic acids is 1. The van der Waals surface area contributed by atoms with E-state index in [9.17, 15) is 13.2 Å². The quantitative estimate of drug-likeness (QED) is 0.751. The number of rotatable bonds is 5. The molecule has 2 aliphatic heterocycles. The summed E-state index contributed by atoms with van der Waals surface area (Å²) in [7, 11) is -3.45. The van der Waals surface area contributed by atoms with Crippen LogP contribution in [0.2, 0.25) is 0 Å². The van der Waals surface area contributed by atoms with Crippen LogP contribution in [0.15, 0.2) is 29.2 Å². The van der Waals surface area contributed by atoms with Crippen LogP contribution >= 0.6 is 0 Å². The van der Waals surface area contributed by atoms with Crippen molar-refractivity contribution in [2.24, 2.45) is 0 Å². The fraction of sp³-hybridized carbons (Fsp3) is 0.524. The molecule has 1 aromatic heterocycles. The molecule has 0 spiro atoms. The standard InChI is InChI=1S/C21H28N4O3S/c1-16-14-17(2)25(22-16)13-9-21(26)24-12-8-18-15-19(6-7-20(18)24)29(27,28)23-10-4-3-5-11-23/h6-7,14-15H,3-5,8-13H2,1-2H3. The molecule has 29 heavy (non-hydrogen) atoms. The predicted octanol–water partition coefficient (Wildman–Crippen LogP) is 2.65. The van der Waals surface area contributed by atoms with Crippen molar-refractivity contribution in [3.05, 3.63) is 41.2 Å². The number of sulfonamides is 1. The van der Waals surface area contributed by atoms with Crippen molar-refractivity contribution in [2.75, 3.05) is 24.5 Å². The highest BCUT2D eigenvalue weighted by atomic mass is 32.2. The monoisotopic (exact) mass is 416 g/mol. The van der Waals surface area contributed by atoms with Crippen LogP contribution in [-0.2, 0) is 27.8 Å². The largest absolute Gasteiger partial charge is 0.312 e. The Kier molecular flexibility index (Phi) is 5.48. The van der Waals surface area contributed by atoms with E-state index in [0.717, 1.165) is 41.9 Å². The number of hydrogen-bond donors (Lipinski definition) is 0. The molecule has 0 bridgehead atoms. The van der Waals surface area contributed by atoms with Gasteiger partial charge in [-0.25, -0.2) is 8.42 Å². The number of amides is 1. The highest BCUT2D eigenvalue weighted by Gasteiger charge is 2.30. The van der Waals surface area contributed by atoms with Crippen molar-refractivity contribution in [1.82, 2.24) is 14.1 Å². The number of benzene rings is 1. The molecule has 2 aromatic rings. The summed E-state index contributed by atoms with van der Waals surface area (Å²) < 4.78 is 29.3. The predicted molar refractivity (Wildman–Crippen MR) is 111 cm³/mol. The summed E-state index contributed by atoms with van der Waals surface area (Å²) >= 11 is 0. The lowest BCUT2D eigenvalue weighted by Crippen LogP contribution is -2.35. The lowest BCUT2D eigenvalue weighted by molar-refractivity contribution is -0.118. The molecule has 2 aliphatic rings. The Morgan fingerprint density at radius 3 is 2.52 bits per heavy atom. The van der Waals surface area contributed by atoms with Crippen LogP contribution in [0.25, 0.3) is 0 Å². The zero-order valence-corrected chi connectivity index (χ0v) is 17.9. The van der Waals surface area contributed by atoms with Crippen LogP contribution in [0, 0.1) is 13.8 Å². The van der Waals surface area contributed by atoms with Crippen LogP contribution in [0.5, 0.6) is 0 Å². The molecule has 7 nitrogen and oxygen atoms in total. The first-order valence-corrected chi connectivity index (χ1v) is 11.7. The molecule has 3 heterocycles. The number of aryl methyl sites for hydroxylation is 3. The lowest BCUT2D eigenvalue weighted by Gasteiger charge is -2.26. The Labute approximate surface area is 172 Å². The molecule has 0 N–H and O–H groups in total. The van der Waals surface area contributed by atoms with Crippen LogP contribution in [-0.4, -0.2) is 48.0 Å². The molecule has 1 fully saturated rings. The minimum Gasteiger partial charge on any atom is -0.312 e. The summed E-state index contributed by atoms with van der Waals surface area (Å²) in [6, 6.07) is 7.20. The normalized spacial score (nSPS) is 17.5. The van der Waals surface area contributed by atoms with E-state index in [4.69, 9.17) is 0 Å². The number of aromatic nitrogens is 2. The fourth-order valence-electron chi connectivity index (χ4n) is 4.29. The molecule has 0 unspecified atom stereocenters. The topological polar surface area (TPSA) is 75.5 Å². The van der Waals surface area contributed by atoms with Crippen LogP contribution in [0.3, 0.4) is 0 Å². The number of anilines is 1. The lowest BCUT2D eigenvalue weighted by atomic mass is 10.2. The Bertz CT molecular complexity index is 1020. The summed E-state index contributed by atoms with van der Waals surface area (Å²) in [5.74, 6) is 0.0444. The second-order valence-corrected chi connectivity index (χ2v) is 9.89. The van der Waals surface area contributed by atoms with Gasteiger partial charge in [-0.15, -0.1) is 0 Å². The summed E-state index contributed by atoms with van der Waals surface area (Å²) in [5.41, 5.74) is 3.76. The molecule has 0 saturated carbocycles. The smallest absolute Gasteiger partial charge is 0.243 e. The van der Waals surface area contributed by atoms with E-state index >= 15 is 0 Å². The van der Waals surface area contributed by atoms with Crippen molar-refractivity contribution >= 4 is 21.6 Å². The first kappa shape index (κ1) is 20.1. The number of piperidine rings is 1. The molecular formula is C21H28N4O3S. The summed E-state index contributed by atoms with van der Waals surface area (Å²) in [4.78, 5) is 14.9. The number of hydrogen-bond acceptors (Lipinski definition) is 4. The molecule has 4 rings (SSSR count). The average Bonchev–Trinajstić information content (AvgIpc) is 3.28. The maximum absolute atomic E-state index is 12.9. The van der Waals surface area contributed by atoms with Crippen molar-refractivity contribution in [3.8, 4) is 0 Å². The SMILES string of the molecule is Cc1cc(C)n(CCC(=O)N2CCc3cc(S(=O)(=O)N4CCCCC4)ccc32)n1. The maximum Gasteiger partial charge on any atom is 0.243 e. The molecule has 1 saturated heterocycles. The summed E-state index contributed by atoms with van der Waals surface area (Å²) in [6.45, 7) is 6.26. The zero-order valence-electron chi connectivity index (χ0n) is 17.1. The maximum atomic E-state index is 12.9. The van der Waals surface area contributed by atoms with Gasteiger partial charge in [-0.05, 0) is 62.9 Å². The van der Waals surface area contributed by atoms with Gasteiger partial charge in [-0.3, -0.25) is 9.48 Å². The molecule has 8 heteroatoms. The van der Waals surface area contributed by atoms with E-state index in [1.807, 2.05) is 24.6 Å². The van der Waals surface area contributed by atoms with Gasteiger partial charge in [0.25, 0.3) is 0 Å². The molecule has 0 aliphatic carbocycles. The molecule has 1 aromatic carbocycles. The van der Waals surface area contributed by atoms with Crippen molar-refractivity contribution in [2.45, 2.75) is 57.4 Å². The third-order valence-electron chi connectivity index (χ3n) is 5.84. The van der Waals surface area contributed by atoms with Crippen molar-refractivity contribution in [3.63, 3.8) is 0 Å². The summed E-state index contributed by atoms with van der Waals surface area (Å²) in [5, 5.41) is 4.41. The van der Waals surface area contributed by atoms with E-state index in [1.54, 1.807) is 27.4 Å². The molecular weight excluding hydrogens is 388 g/mol. The Morgan fingerprint density at radius 2 is 1.83 bits per heavy atom. The van der Waals surface area contributed by atoms with E-state index in [-0.39, 0.29) is 5.91 Å². The first-order valence-electron chi connectivity index (χ1n) is 10.3. The van der Waals surface area contributed by atoms with Gasteiger partial charge in [-0.2, -0.15) is 9.40 Å². The van der Waals surface area contributed by atoms with Gasteiger partial charge in [0, 0.05) is 44.0 Å². The van der Waals surface area contributed by atoms with Gasteiger partial charge in [0.1, 0.15) is 0 Å². The van der Waals surface area contributed by atoms with Gasteiger partial charge >= 0.3 is 0 Å². The van der Waals surface area contributed by atoms with Crippen LogP contribution in [0.1, 0.15) is 42.6 Å². The molecule has 156 valence electrons. The van der Waals surface area contributed by atoms with Gasteiger partial charge < -0.3 is 4.90 Å². The van der Waals surface area contributed by atoms with Gasteiger partial charge in [0.05, 0.1) is 10.6 Å². The third-order valence-corrected chi connectivity index (χ3v) is 7.74. The summed E-state index contributed by atoms with van der Waals surface area (Å²) in [6.07, 6.45) is 3.98. The first-order chi connectivity index (χ1) is 13.9. The van der Waals surface area contributed by atoms with Gasteiger partial charge in [-0.1, -0.05) is 6.42 Å². The van der Waals surface area contributed by atoms with Crippen molar-refractivity contribution < 1.29 is 13.2 Å². The van der Waals surface area contributed by atoms with Gasteiger partial charge in [0.15, 0.2) is 0 Å². The average molecular weight is 417 g/mol. The van der Waals surface area contributed by atoms with E-state index < -0.39 is 10.0 Å². The Hall–Kier alpha value is -2.19. The van der Waals surface area contributed by atoms with Gasteiger partial charge in [0.2, 0.25) is 15.9 Å². The Balaban J connectivity index is 1.48.